The van der Waals surface area contributed by atoms with Gasteiger partial charge in [-0.2, -0.15) is 0 Å². The second-order valence-corrected chi connectivity index (χ2v) is 5.65. The van der Waals surface area contributed by atoms with E-state index in [1.165, 1.54) is 0 Å². The van der Waals surface area contributed by atoms with E-state index in [0.717, 1.165) is 41.8 Å². The van der Waals surface area contributed by atoms with E-state index in [4.69, 9.17) is 14.2 Å². The normalized spacial score (nSPS) is 17.9. The first kappa shape index (κ1) is 15.8. The van der Waals surface area contributed by atoms with E-state index < -0.39 is 0 Å². The SMILES string of the molecule is CCOc1ccc(Br)cc1C(CO)OC1CCOCC1. The topological polar surface area (TPSA) is 47.9 Å². The van der Waals surface area contributed by atoms with Crippen LogP contribution in [0.25, 0.3) is 0 Å². The van der Waals surface area contributed by atoms with Crippen molar-refractivity contribution < 1.29 is 19.3 Å². The summed E-state index contributed by atoms with van der Waals surface area (Å²) >= 11 is 3.46. The smallest absolute Gasteiger partial charge is 0.125 e. The molecular weight excluding hydrogens is 324 g/mol. The minimum atomic E-state index is -0.364. The molecule has 1 saturated heterocycles. The van der Waals surface area contributed by atoms with Gasteiger partial charge < -0.3 is 19.3 Å². The zero-order chi connectivity index (χ0) is 14.4. The molecule has 20 heavy (non-hydrogen) atoms. The Balaban J connectivity index is 2.14. The predicted molar refractivity (Wildman–Crippen MR) is 80.1 cm³/mol. The molecule has 1 N–H and O–H groups in total. The molecule has 1 unspecified atom stereocenters. The van der Waals surface area contributed by atoms with Gasteiger partial charge in [-0.1, -0.05) is 15.9 Å². The van der Waals surface area contributed by atoms with Crippen molar-refractivity contribution in [3.63, 3.8) is 0 Å². The van der Waals surface area contributed by atoms with Crippen molar-refractivity contribution in [1.82, 2.24) is 0 Å². The molecule has 1 aromatic rings. The zero-order valence-electron chi connectivity index (χ0n) is 11.7. The van der Waals surface area contributed by atoms with Crippen molar-refractivity contribution in [3.05, 3.63) is 28.2 Å². The summed E-state index contributed by atoms with van der Waals surface area (Å²) in [5.74, 6) is 0.766. The molecule has 4 nitrogen and oxygen atoms in total. The van der Waals surface area contributed by atoms with Gasteiger partial charge in [0.15, 0.2) is 0 Å². The fraction of sp³-hybridized carbons (Fsp3) is 0.600. The highest BCUT2D eigenvalue weighted by atomic mass is 79.9. The van der Waals surface area contributed by atoms with Gasteiger partial charge in [0, 0.05) is 23.2 Å². The van der Waals surface area contributed by atoms with Gasteiger partial charge in [0.05, 0.1) is 19.3 Å². The maximum Gasteiger partial charge on any atom is 0.125 e. The van der Waals surface area contributed by atoms with Crippen LogP contribution in [0.2, 0.25) is 0 Å². The van der Waals surface area contributed by atoms with Gasteiger partial charge in [0.25, 0.3) is 0 Å². The number of hydrogen-bond donors (Lipinski definition) is 1. The molecule has 1 heterocycles. The molecule has 0 radical (unpaired) electrons. The lowest BCUT2D eigenvalue weighted by Crippen LogP contribution is -2.26. The van der Waals surface area contributed by atoms with Crippen LogP contribution in [-0.4, -0.2) is 37.6 Å². The number of hydrogen-bond acceptors (Lipinski definition) is 4. The molecule has 0 bridgehead atoms. The van der Waals surface area contributed by atoms with Gasteiger partial charge in [0.2, 0.25) is 0 Å². The quantitative estimate of drug-likeness (QED) is 0.861. The Morgan fingerprint density at radius 3 is 2.80 bits per heavy atom. The molecule has 1 atom stereocenters. The summed E-state index contributed by atoms with van der Waals surface area (Å²) in [7, 11) is 0. The van der Waals surface area contributed by atoms with Crippen LogP contribution in [0.1, 0.15) is 31.4 Å². The van der Waals surface area contributed by atoms with Crippen molar-refractivity contribution in [1.29, 1.82) is 0 Å². The van der Waals surface area contributed by atoms with E-state index in [9.17, 15) is 5.11 Å². The molecule has 0 aliphatic carbocycles. The zero-order valence-corrected chi connectivity index (χ0v) is 13.3. The molecule has 0 aromatic heterocycles. The molecular formula is C15H21BrO4. The predicted octanol–water partition coefficient (Wildman–Crippen LogP) is 3.08. The molecule has 0 spiro atoms. The van der Waals surface area contributed by atoms with Gasteiger partial charge in [-0.05, 0) is 38.0 Å². The molecule has 112 valence electrons. The molecule has 0 amide bonds. The van der Waals surface area contributed by atoms with Gasteiger partial charge in [-0.15, -0.1) is 0 Å². The number of ether oxygens (including phenoxy) is 3. The van der Waals surface area contributed by atoms with Crippen molar-refractivity contribution >= 4 is 15.9 Å². The highest BCUT2D eigenvalue weighted by Gasteiger charge is 2.23. The van der Waals surface area contributed by atoms with E-state index in [1.807, 2.05) is 25.1 Å². The number of aliphatic hydroxyl groups excluding tert-OH is 1. The first-order chi connectivity index (χ1) is 9.74. The monoisotopic (exact) mass is 344 g/mol. The van der Waals surface area contributed by atoms with Crippen LogP contribution in [0.5, 0.6) is 5.75 Å². The molecule has 1 aliphatic heterocycles. The Hall–Kier alpha value is -0.620. The Morgan fingerprint density at radius 1 is 1.40 bits per heavy atom. The van der Waals surface area contributed by atoms with E-state index in [1.54, 1.807) is 0 Å². The Kier molecular flexibility index (Phi) is 6.29. The summed E-state index contributed by atoms with van der Waals surface area (Å²) in [5, 5.41) is 9.67. The molecule has 1 fully saturated rings. The average Bonchev–Trinajstić information content (AvgIpc) is 2.48. The van der Waals surface area contributed by atoms with Crippen molar-refractivity contribution in [2.24, 2.45) is 0 Å². The molecule has 1 aromatic carbocycles. The maximum absolute atomic E-state index is 9.67. The Labute approximate surface area is 128 Å². The number of benzene rings is 1. The van der Waals surface area contributed by atoms with Gasteiger partial charge in [0.1, 0.15) is 11.9 Å². The van der Waals surface area contributed by atoms with Crippen molar-refractivity contribution in [2.75, 3.05) is 26.4 Å². The molecule has 2 rings (SSSR count). The lowest BCUT2D eigenvalue weighted by Gasteiger charge is -2.28. The van der Waals surface area contributed by atoms with Crippen LogP contribution in [-0.2, 0) is 9.47 Å². The summed E-state index contributed by atoms with van der Waals surface area (Å²) in [6.45, 7) is 3.91. The Bertz CT molecular complexity index is 418. The lowest BCUT2D eigenvalue weighted by atomic mass is 10.1. The number of aliphatic hydroxyl groups is 1. The third kappa shape index (κ3) is 4.19. The first-order valence-electron chi connectivity index (χ1n) is 7.01. The van der Waals surface area contributed by atoms with Crippen LogP contribution in [0.4, 0.5) is 0 Å². The summed E-state index contributed by atoms with van der Waals surface area (Å²) in [6, 6.07) is 5.78. The third-order valence-electron chi connectivity index (χ3n) is 3.31. The van der Waals surface area contributed by atoms with E-state index in [0.29, 0.717) is 6.61 Å². The fourth-order valence-corrected chi connectivity index (χ4v) is 2.70. The highest BCUT2D eigenvalue weighted by molar-refractivity contribution is 9.10. The summed E-state index contributed by atoms with van der Waals surface area (Å²) < 4.78 is 17.9. The van der Waals surface area contributed by atoms with Gasteiger partial charge >= 0.3 is 0 Å². The average molecular weight is 345 g/mol. The van der Waals surface area contributed by atoms with Crippen LogP contribution in [0, 0.1) is 0 Å². The summed E-state index contributed by atoms with van der Waals surface area (Å²) in [5.41, 5.74) is 0.884. The van der Waals surface area contributed by atoms with Gasteiger partial charge in [-0.3, -0.25) is 0 Å². The standard InChI is InChI=1S/C15H21BrO4/c1-2-19-14-4-3-11(16)9-13(14)15(10-17)20-12-5-7-18-8-6-12/h3-4,9,12,15,17H,2,5-8,10H2,1H3. The van der Waals surface area contributed by atoms with Crippen LogP contribution in [0.3, 0.4) is 0 Å². The lowest BCUT2D eigenvalue weighted by molar-refractivity contribution is -0.0854. The number of rotatable bonds is 6. The fourth-order valence-electron chi connectivity index (χ4n) is 2.32. The second kappa shape index (κ2) is 7.98. The summed E-state index contributed by atoms with van der Waals surface area (Å²) in [6.07, 6.45) is 1.51. The molecule has 1 aliphatic rings. The van der Waals surface area contributed by atoms with E-state index >= 15 is 0 Å². The van der Waals surface area contributed by atoms with E-state index in [-0.39, 0.29) is 18.8 Å². The molecule has 0 saturated carbocycles. The van der Waals surface area contributed by atoms with Crippen LogP contribution < -0.4 is 4.74 Å². The third-order valence-corrected chi connectivity index (χ3v) is 3.80. The van der Waals surface area contributed by atoms with Crippen molar-refractivity contribution in [3.8, 4) is 5.75 Å². The van der Waals surface area contributed by atoms with Crippen LogP contribution in [0.15, 0.2) is 22.7 Å². The van der Waals surface area contributed by atoms with Gasteiger partial charge in [-0.25, -0.2) is 0 Å². The van der Waals surface area contributed by atoms with E-state index in [2.05, 4.69) is 15.9 Å². The van der Waals surface area contributed by atoms with Crippen molar-refractivity contribution in [2.45, 2.75) is 32.0 Å². The summed E-state index contributed by atoms with van der Waals surface area (Å²) in [4.78, 5) is 0. The highest BCUT2D eigenvalue weighted by Crippen LogP contribution is 2.32. The second-order valence-electron chi connectivity index (χ2n) is 4.73. The first-order valence-corrected chi connectivity index (χ1v) is 7.80. The number of halogens is 1. The minimum Gasteiger partial charge on any atom is -0.493 e. The Morgan fingerprint density at radius 2 is 2.15 bits per heavy atom. The maximum atomic E-state index is 9.67. The van der Waals surface area contributed by atoms with Crippen LogP contribution >= 0.6 is 15.9 Å². The minimum absolute atomic E-state index is 0.0616. The molecule has 5 heteroatoms. The largest absolute Gasteiger partial charge is 0.493 e.